The number of aliphatic imine (C=N–C) groups is 1. The fourth-order valence-electron chi connectivity index (χ4n) is 3.28. The van der Waals surface area contributed by atoms with Crippen molar-refractivity contribution in [2.24, 2.45) is 10.4 Å². The Morgan fingerprint density at radius 1 is 1.35 bits per heavy atom. The molecule has 2 rings (SSSR count). The zero-order chi connectivity index (χ0) is 19.0. The fourth-order valence-corrected chi connectivity index (χ4v) is 3.28. The number of hydrogen-bond donors (Lipinski definition) is 3. The topological polar surface area (TPSA) is 69.1 Å². The van der Waals surface area contributed by atoms with Crippen molar-refractivity contribution < 1.29 is 14.2 Å². The summed E-state index contributed by atoms with van der Waals surface area (Å²) in [6, 6.07) is 6.68. The summed E-state index contributed by atoms with van der Waals surface area (Å²) in [5.41, 5.74) is 1.00. The van der Waals surface area contributed by atoms with Crippen LogP contribution in [0.2, 0.25) is 0 Å². The minimum atomic E-state index is -0.232. The number of nitrogens with zero attached hydrogens (tertiary/aromatic N) is 2. The second kappa shape index (κ2) is 9.85. The van der Waals surface area contributed by atoms with Crippen LogP contribution in [-0.4, -0.2) is 70.0 Å². The monoisotopic (exact) mass is 366 g/mol. The van der Waals surface area contributed by atoms with E-state index in [1.54, 1.807) is 7.05 Å². The average Bonchev–Trinajstić information content (AvgIpc) is 3.08. The number of nitrogens with one attached hydrogen (secondary N) is 2. The zero-order valence-corrected chi connectivity index (χ0v) is 16.0. The van der Waals surface area contributed by atoms with Gasteiger partial charge >= 0.3 is 0 Å². The summed E-state index contributed by atoms with van der Waals surface area (Å²) < 4.78 is 18.7. The Labute approximate surface area is 155 Å². The van der Waals surface area contributed by atoms with Crippen molar-refractivity contribution in [1.29, 1.82) is 0 Å². The van der Waals surface area contributed by atoms with Gasteiger partial charge in [0.1, 0.15) is 5.82 Å². The Morgan fingerprint density at radius 3 is 2.62 bits per heavy atom. The number of benzene rings is 1. The van der Waals surface area contributed by atoms with E-state index in [0.717, 1.165) is 18.6 Å². The first-order valence-electron chi connectivity index (χ1n) is 9.05. The van der Waals surface area contributed by atoms with Crippen LogP contribution >= 0.6 is 0 Å². The summed E-state index contributed by atoms with van der Waals surface area (Å²) in [6.07, 6.45) is 1.65. The van der Waals surface area contributed by atoms with Crippen LogP contribution in [0, 0.1) is 11.2 Å². The molecule has 1 fully saturated rings. The van der Waals surface area contributed by atoms with Crippen LogP contribution in [0.5, 0.6) is 0 Å². The number of halogens is 1. The van der Waals surface area contributed by atoms with Crippen molar-refractivity contribution in [2.75, 3.05) is 54.1 Å². The Hall–Kier alpha value is -1.70. The van der Waals surface area contributed by atoms with Gasteiger partial charge in [-0.15, -0.1) is 0 Å². The van der Waals surface area contributed by atoms with Gasteiger partial charge in [-0.1, -0.05) is 12.1 Å². The lowest BCUT2D eigenvalue weighted by Gasteiger charge is -2.29. The highest BCUT2D eigenvalue weighted by Gasteiger charge is 2.34. The summed E-state index contributed by atoms with van der Waals surface area (Å²) in [7, 11) is 5.73. The molecule has 0 amide bonds. The molecular weight excluding hydrogens is 335 g/mol. The highest BCUT2D eigenvalue weighted by molar-refractivity contribution is 5.79. The molecule has 7 heteroatoms. The highest BCUT2D eigenvalue weighted by atomic mass is 19.1. The number of aliphatic hydroxyl groups excluding tert-OH is 1. The molecule has 1 saturated heterocycles. The molecule has 0 aromatic heterocycles. The Morgan fingerprint density at radius 2 is 2.08 bits per heavy atom. The normalized spacial score (nSPS) is 21.8. The van der Waals surface area contributed by atoms with Crippen molar-refractivity contribution in [1.82, 2.24) is 15.5 Å². The Bertz CT molecular complexity index is 571. The van der Waals surface area contributed by atoms with E-state index in [1.165, 1.54) is 12.1 Å². The van der Waals surface area contributed by atoms with Crippen molar-refractivity contribution in [3.8, 4) is 0 Å². The maximum absolute atomic E-state index is 13.2. The van der Waals surface area contributed by atoms with Gasteiger partial charge in [0.05, 0.1) is 12.6 Å². The van der Waals surface area contributed by atoms with Crippen molar-refractivity contribution >= 4 is 5.96 Å². The fraction of sp³-hybridized carbons (Fsp3) is 0.632. The quantitative estimate of drug-likeness (QED) is 0.479. The summed E-state index contributed by atoms with van der Waals surface area (Å²) in [5.74, 6) is 0.479. The standard InChI is InChI=1S/C19H31FN4O2/c1-21-18(23-13-19(8-10-25)9-11-26-14-19)22-12-17(24(2)3)15-4-6-16(20)7-5-15/h4-7,17,25H,8-14H2,1-3H3,(H2,21,22,23). The van der Waals surface area contributed by atoms with E-state index in [0.29, 0.717) is 32.1 Å². The maximum Gasteiger partial charge on any atom is 0.191 e. The van der Waals surface area contributed by atoms with Crippen LogP contribution in [0.15, 0.2) is 29.3 Å². The van der Waals surface area contributed by atoms with E-state index in [1.807, 2.05) is 26.2 Å². The van der Waals surface area contributed by atoms with Crippen LogP contribution in [0.25, 0.3) is 0 Å². The van der Waals surface area contributed by atoms with Crippen LogP contribution in [0.4, 0.5) is 4.39 Å². The summed E-state index contributed by atoms with van der Waals surface area (Å²) in [5, 5.41) is 16.0. The Balaban J connectivity index is 1.92. The molecule has 2 unspecified atom stereocenters. The van der Waals surface area contributed by atoms with Gasteiger partial charge in [-0.05, 0) is 44.6 Å². The molecule has 3 N–H and O–H groups in total. The van der Waals surface area contributed by atoms with E-state index < -0.39 is 0 Å². The van der Waals surface area contributed by atoms with Crippen molar-refractivity contribution in [2.45, 2.75) is 18.9 Å². The van der Waals surface area contributed by atoms with Gasteiger partial charge in [-0.25, -0.2) is 4.39 Å². The van der Waals surface area contributed by atoms with Gasteiger partial charge in [0.25, 0.3) is 0 Å². The predicted octanol–water partition coefficient (Wildman–Crippen LogP) is 1.38. The molecule has 1 heterocycles. The number of aliphatic hydroxyl groups is 1. The van der Waals surface area contributed by atoms with Gasteiger partial charge in [-0.3, -0.25) is 4.99 Å². The first kappa shape index (κ1) is 20.6. The van der Waals surface area contributed by atoms with E-state index in [4.69, 9.17) is 4.74 Å². The van der Waals surface area contributed by atoms with E-state index >= 15 is 0 Å². The molecule has 0 aliphatic carbocycles. The Kier molecular flexibility index (Phi) is 7.81. The largest absolute Gasteiger partial charge is 0.396 e. The second-order valence-corrected chi connectivity index (χ2v) is 7.11. The third-order valence-electron chi connectivity index (χ3n) is 5.02. The van der Waals surface area contributed by atoms with Gasteiger partial charge in [-0.2, -0.15) is 0 Å². The summed E-state index contributed by atoms with van der Waals surface area (Å²) in [6.45, 7) is 2.90. The second-order valence-electron chi connectivity index (χ2n) is 7.11. The molecule has 26 heavy (non-hydrogen) atoms. The van der Waals surface area contributed by atoms with E-state index in [2.05, 4.69) is 20.5 Å². The van der Waals surface area contributed by atoms with Crippen LogP contribution in [0.3, 0.4) is 0 Å². The molecule has 146 valence electrons. The van der Waals surface area contributed by atoms with Gasteiger partial charge < -0.3 is 25.4 Å². The minimum Gasteiger partial charge on any atom is -0.396 e. The van der Waals surface area contributed by atoms with Crippen LogP contribution in [-0.2, 0) is 4.74 Å². The number of ether oxygens (including phenoxy) is 1. The molecule has 0 bridgehead atoms. The molecule has 0 radical (unpaired) electrons. The molecular formula is C19H31FN4O2. The molecule has 0 spiro atoms. The summed E-state index contributed by atoms with van der Waals surface area (Å²) >= 11 is 0. The molecule has 1 aromatic carbocycles. The van der Waals surface area contributed by atoms with Gasteiger partial charge in [0.2, 0.25) is 0 Å². The van der Waals surface area contributed by atoms with Crippen molar-refractivity contribution in [3.63, 3.8) is 0 Å². The lowest BCUT2D eigenvalue weighted by Crippen LogP contribution is -2.46. The molecule has 6 nitrogen and oxygen atoms in total. The van der Waals surface area contributed by atoms with E-state index in [-0.39, 0.29) is 23.9 Å². The highest BCUT2D eigenvalue weighted by Crippen LogP contribution is 2.31. The molecule has 1 aliphatic rings. The summed E-state index contributed by atoms with van der Waals surface area (Å²) in [4.78, 5) is 6.38. The van der Waals surface area contributed by atoms with Crippen molar-refractivity contribution in [3.05, 3.63) is 35.6 Å². The number of guanidine groups is 1. The van der Waals surface area contributed by atoms with Crippen LogP contribution < -0.4 is 10.6 Å². The smallest absolute Gasteiger partial charge is 0.191 e. The van der Waals surface area contributed by atoms with E-state index in [9.17, 15) is 9.50 Å². The molecule has 0 saturated carbocycles. The SMILES string of the molecule is CN=C(NCC(c1ccc(F)cc1)N(C)C)NCC1(CCO)CCOC1. The predicted molar refractivity (Wildman–Crippen MR) is 102 cm³/mol. The number of likely N-dealkylation sites (N-methyl/N-ethyl adjacent to an activating group) is 1. The third-order valence-corrected chi connectivity index (χ3v) is 5.02. The third kappa shape index (κ3) is 5.65. The van der Waals surface area contributed by atoms with Gasteiger partial charge in [0.15, 0.2) is 5.96 Å². The van der Waals surface area contributed by atoms with Crippen LogP contribution in [0.1, 0.15) is 24.4 Å². The lowest BCUT2D eigenvalue weighted by molar-refractivity contribution is 0.127. The number of rotatable bonds is 8. The molecule has 1 aromatic rings. The maximum atomic E-state index is 13.2. The molecule has 1 aliphatic heterocycles. The zero-order valence-electron chi connectivity index (χ0n) is 16.0. The lowest BCUT2D eigenvalue weighted by atomic mass is 9.84. The minimum absolute atomic E-state index is 0.0374. The first-order valence-corrected chi connectivity index (χ1v) is 9.05. The average molecular weight is 366 g/mol. The molecule has 2 atom stereocenters. The first-order chi connectivity index (χ1) is 12.5. The number of hydrogen-bond acceptors (Lipinski definition) is 4. The van der Waals surface area contributed by atoms with Gasteiger partial charge in [0, 0.05) is 38.8 Å².